The van der Waals surface area contributed by atoms with E-state index >= 15 is 0 Å². The Balaban J connectivity index is 1.78. The molecule has 2 N–H and O–H groups in total. The van der Waals surface area contributed by atoms with Gasteiger partial charge in [0.2, 0.25) is 5.91 Å². The summed E-state index contributed by atoms with van der Waals surface area (Å²) in [4.78, 5) is 40.1. The van der Waals surface area contributed by atoms with Gasteiger partial charge in [-0.15, -0.1) is 0 Å². The molecule has 1 fully saturated rings. The van der Waals surface area contributed by atoms with Crippen molar-refractivity contribution in [1.29, 1.82) is 0 Å². The fraction of sp³-hybridized carbons (Fsp3) is 0.375. The number of amides is 3. The Kier molecular flexibility index (Phi) is 6.55. The van der Waals surface area contributed by atoms with Crippen LogP contribution in [0.25, 0.3) is 0 Å². The lowest BCUT2D eigenvalue weighted by molar-refractivity contribution is -0.134. The van der Waals surface area contributed by atoms with Crippen LogP contribution in [0.2, 0.25) is 0 Å². The Bertz CT molecular complexity index is 924. The lowest BCUT2D eigenvalue weighted by Crippen LogP contribution is -2.41. The third kappa shape index (κ3) is 3.95. The molecule has 0 aromatic heterocycles. The zero-order valence-corrected chi connectivity index (χ0v) is 17.8. The maximum atomic E-state index is 13.4. The molecule has 158 valence electrons. The largest absolute Gasteiger partial charge is 0.355 e. The molecule has 3 amide bonds. The van der Waals surface area contributed by atoms with Crippen molar-refractivity contribution in [3.05, 3.63) is 71.3 Å². The molecule has 30 heavy (non-hydrogen) atoms. The second kappa shape index (κ2) is 9.11. The second-order valence-electron chi connectivity index (χ2n) is 7.55. The summed E-state index contributed by atoms with van der Waals surface area (Å²) >= 11 is 0. The van der Waals surface area contributed by atoms with E-state index in [1.165, 1.54) is 7.05 Å². The molecule has 1 aliphatic carbocycles. The summed E-state index contributed by atoms with van der Waals surface area (Å²) in [6.07, 6.45) is 0.698. The van der Waals surface area contributed by atoms with Crippen molar-refractivity contribution in [1.82, 2.24) is 15.5 Å². The minimum absolute atomic E-state index is 0.0177. The van der Waals surface area contributed by atoms with Crippen LogP contribution in [0.5, 0.6) is 0 Å². The molecular formula is C24H29N3O3. The van der Waals surface area contributed by atoms with E-state index in [-0.39, 0.29) is 23.6 Å². The van der Waals surface area contributed by atoms with Crippen molar-refractivity contribution in [3.8, 4) is 0 Å². The molecular weight excluding hydrogens is 378 g/mol. The van der Waals surface area contributed by atoms with E-state index in [0.29, 0.717) is 37.2 Å². The van der Waals surface area contributed by atoms with Gasteiger partial charge in [-0.05, 0) is 43.9 Å². The molecule has 0 saturated heterocycles. The summed E-state index contributed by atoms with van der Waals surface area (Å²) in [5.74, 6) is -0.478. The molecule has 0 heterocycles. The van der Waals surface area contributed by atoms with Crippen molar-refractivity contribution in [2.24, 2.45) is 5.92 Å². The molecule has 2 aromatic carbocycles. The van der Waals surface area contributed by atoms with E-state index in [1.807, 2.05) is 49.1 Å². The molecule has 1 saturated carbocycles. The number of carbonyl (C=O) groups is 3. The van der Waals surface area contributed by atoms with Gasteiger partial charge in [0, 0.05) is 26.7 Å². The SMILES string of the molecule is CCN(CC)C(=O)[C@]1(c2ccccc2)C[C@@H]1CNC(=O)c1ccccc1C(=O)NC. The lowest BCUT2D eigenvalue weighted by Gasteiger charge is -2.26. The maximum absolute atomic E-state index is 13.4. The van der Waals surface area contributed by atoms with Crippen LogP contribution in [0.1, 0.15) is 46.5 Å². The third-order valence-electron chi connectivity index (χ3n) is 5.98. The number of rotatable bonds is 8. The Labute approximate surface area is 177 Å². The minimum Gasteiger partial charge on any atom is -0.355 e. The summed E-state index contributed by atoms with van der Waals surface area (Å²) in [5, 5.41) is 5.50. The van der Waals surface area contributed by atoms with Crippen LogP contribution in [-0.2, 0) is 10.2 Å². The predicted octanol–water partition coefficient (Wildman–Crippen LogP) is 2.60. The van der Waals surface area contributed by atoms with Crippen LogP contribution in [0.15, 0.2) is 54.6 Å². The monoisotopic (exact) mass is 407 g/mol. The average molecular weight is 408 g/mol. The smallest absolute Gasteiger partial charge is 0.252 e. The summed E-state index contributed by atoms with van der Waals surface area (Å²) in [5.41, 5.74) is 1.06. The lowest BCUT2D eigenvalue weighted by atomic mass is 9.91. The van der Waals surface area contributed by atoms with Crippen molar-refractivity contribution in [2.45, 2.75) is 25.7 Å². The first-order valence-electron chi connectivity index (χ1n) is 10.4. The Morgan fingerprint density at radius 1 is 0.933 bits per heavy atom. The molecule has 0 unspecified atom stereocenters. The first kappa shape index (κ1) is 21.6. The normalized spacial score (nSPS) is 19.6. The minimum atomic E-state index is -0.596. The summed E-state index contributed by atoms with van der Waals surface area (Å²) in [7, 11) is 1.54. The highest BCUT2D eigenvalue weighted by Gasteiger charge is 2.61. The van der Waals surface area contributed by atoms with E-state index in [1.54, 1.807) is 24.3 Å². The zero-order valence-electron chi connectivity index (χ0n) is 17.8. The molecule has 0 bridgehead atoms. The molecule has 2 aromatic rings. The molecule has 6 nitrogen and oxygen atoms in total. The van der Waals surface area contributed by atoms with Gasteiger partial charge >= 0.3 is 0 Å². The fourth-order valence-electron chi connectivity index (χ4n) is 4.17. The topological polar surface area (TPSA) is 78.5 Å². The van der Waals surface area contributed by atoms with Gasteiger partial charge in [-0.2, -0.15) is 0 Å². The molecule has 0 spiro atoms. The van der Waals surface area contributed by atoms with Gasteiger partial charge in [0.1, 0.15) is 0 Å². The van der Waals surface area contributed by atoms with Gasteiger partial charge in [-0.1, -0.05) is 42.5 Å². The van der Waals surface area contributed by atoms with Crippen LogP contribution in [-0.4, -0.2) is 49.3 Å². The van der Waals surface area contributed by atoms with Crippen LogP contribution in [0, 0.1) is 5.92 Å². The number of hydrogen-bond acceptors (Lipinski definition) is 3. The van der Waals surface area contributed by atoms with E-state index in [0.717, 1.165) is 5.56 Å². The third-order valence-corrected chi connectivity index (χ3v) is 5.98. The van der Waals surface area contributed by atoms with Gasteiger partial charge in [0.05, 0.1) is 16.5 Å². The molecule has 0 radical (unpaired) electrons. The molecule has 0 aliphatic heterocycles. The van der Waals surface area contributed by atoms with Crippen molar-refractivity contribution in [2.75, 3.05) is 26.7 Å². The summed E-state index contributed by atoms with van der Waals surface area (Å²) < 4.78 is 0. The number of carbonyl (C=O) groups excluding carboxylic acids is 3. The Morgan fingerprint density at radius 3 is 2.07 bits per heavy atom. The number of benzene rings is 2. The van der Waals surface area contributed by atoms with Crippen molar-refractivity contribution in [3.63, 3.8) is 0 Å². The van der Waals surface area contributed by atoms with Gasteiger partial charge in [0.15, 0.2) is 0 Å². The van der Waals surface area contributed by atoms with Crippen molar-refractivity contribution >= 4 is 17.7 Å². The van der Waals surface area contributed by atoms with Gasteiger partial charge < -0.3 is 15.5 Å². The van der Waals surface area contributed by atoms with Gasteiger partial charge in [-0.25, -0.2) is 0 Å². The molecule has 3 rings (SSSR count). The number of hydrogen-bond donors (Lipinski definition) is 2. The van der Waals surface area contributed by atoms with Gasteiger partial charge in [0.25, 0.3) is 11.8 Å². The highest BCUT2D eigenvalue weighted by atomic mass is 16.2. The first-order valence-corrected chi connectivity index (χ1v) is 10.4. The number of nitrogens with one attached hydrogen (secondary N) is 2. The van der Waals surface area contributed by atoms with Gasteiger partial charge in [-0.3, -0.25) is 14.4 Å². The summed E-state index contributed by atoms with van der Waals surface area (Å²) in [6, 6.07) is 16.5. The first-order chi connectivity index (χ1) is 14.5. The highest BCUT2D eigenvalue weighted by Crippen LogP contribution is 2.55. The Hall–Kier alpha value is -3.15. The number of likely N-dealkylation sites (N-methyl/N-ethyl adjacent to an activating group) is 1. The molecule has 2 atom stereocenters. The van der Waals surface area contributed by atoms with Crippen molar-refractivity contribution < 1.29 is 14.4 Å². The van der Waals surface area contributed by atoms with E-state index in [4.69, 9.17) is 0 Å². The van der Waals surface area contributed by atoms with Crippen LogP contribution < -0.4 is 10.6 Å². The predicted molar refractivity (Wildman–Crippen MR) is 116 cm³/mol. The van der Waals surface area contributed by atoms with Crippen LogP contribution in [0.3, 0.4) is 0 Å². The molecule has 1 aliphatic rings. The van der Waals surface area contributed by atoms with Crippen LogP contribution in [0.4, 0.5) is 0 Å². The van der Waals surface area contributed by atoms with E-state index in [9.17, 15) is 14.4 Å². The van der Waals surface area contributed by atoms with Crippen LogP contribution >= 0.6 is 0 Å². The van der Waals surface area contributed by atoms with E-state index in [2.05, 4.69) is 10.6 Å². The molecule has 6 heteroatoms. The van der Waals surface area contributed by atoms with E-state index < -0.39 is 5.41 Å². The quantitative estimate of drug-likeness (QED) is 0.706. The maximum Gasteiger partial charge on any atom is 0.252 e. The standard InChI is InChI=1S/C24H29N3O3/c1-4-27(5-2)23(30)24(17-11-7-6-8-12-17)15-18(24)16-26-22(29)20-14-10-9-13-19(20)21(28)25-3/h6-14,18H,4-5,15-16H2,1-3H3,(H,25,28)(H,26,29)/t18-,24+/m1/s1. The zero-order chi connectivity index (χ0) is 21.7. The average Bonchev–Trinajstić information content (AvgIpc) is 3.53. The number of nitrogens with zero attached hydrogens (tertiary/aromatic N) is 1. The Morgan fingerprint density at radius 2 is 1.50 bits per heavy atom. The fourth-order valence-corrected chi connectivity index (χ4v) is 4.17. The summed E-state index contributed by atoms with van der Waals surface area (Å²) in [6.45, 7) is 5.65. The highest BCUT2D eigenvalue weighted by molar-refractivity contribution is 6.07. The second-order valence-corrected chi connectivity index (χ2v) is 7.55.